The van der Waals surface area contributed by atoms with Crippen molar-refractivity contribution >= 4 is 5.91 Å². The number of halogens is 1. The van der Waals surface area contributed by atoms with Crippen LogP contribution in [-0.4, -0.2) is 41.1 Å². The Morgan fingerprint density at radius 3 is 2.48 bits per heavy atom. The number of aliphatic hydroxyl groups is 1. The van der Waals surface area contributed by atoms with Gasteiger partial charge in [0.25, 0.3) is 0 Å². The summed E-state index contributed by atoms with van der Waals surface area (Å²) in [7, 11) is 0. The molecule has 4 rings (SSSR count). The molecule has 0 radical (unpaired) electrons. The Labute approximate surface area is 171 Å². The fraction of sp³-hybridized carbons (Fsp3) is 0.458. The molecule has 1 aliphatic heterocycles. The first-order chi connectivity index (χ1) is 14.1. The fourth-order valence-corrected chi connectivity index (χ4v) is 4.96. The maximum Gasteiger partial charge on any atom is 0.230 e. The number of rotatable bonds is 6. The zero-order chi connectivity index (χ0) is 20.3. The minimum atomic E-state index is -0.560. The molecule has 1 amide bonds. The molecule has 1 heterocycles. The first kappa shape index (κ1) is 20.0. The molecule has 2 aromatic rings. The van der Waals surface area contributed by atoms with E-state index >= 15 is 0 Å². The Kier molecular flexibility index (Phi) is 5.97. The van der Waals surface area contributed by atoms with Gasteiger partial charge in [0.05, 0.1) is 11.5 Å². The summed E-state index contributed by atoms with van der Waals surface area (Å²) in [4.78, 5) is 15.5. The number of β-amino-alcohol motifs (C(OH)–C–C–N with tert-alkyl or cyclic N) is 1. The van der Waals surface area contributed by atoms with E-state index in [1.807, 2.05) is 18.2 Å². The number of nitrogens with zero attached hydrogens (tertiary/aromatic N) is 1. The molecule has 2 N–H and O–H groups in total. The second-order valence-corrected chi connectivity index (χ2v) is 8.46. The fourth-order valence-electron chi connectivity index (χ4n) is 4.96. The van der Waals surface area contributed by atoms with Gasteiger partial charge in [-0.25, -0.2) is 4.39 Å². The third-order valence-corrected chi connectivity index (χ3v) is 6.52. The first-order valence-corrected chi connectivity index (χ1v) is 10.6. The number of benzene rings is 2. The second kappa shape index (κ2) is 8.64. The minimum absolute atomic E-state index is 0.0302. The van der Waals surface area contributed by atoms with E-state index in [1.165, 1.54) is 17.7 Å². The van der Waals surface area contributed by atoms with Crippen molar-refractivity contribution in [2.75, 3.05) is 13.1 Å². The highest BCUT2D eigenvalue weighted by atomic mass is 19.1. The van der Waals surface area contributed by atoms with E-state index in [2.05, 4.69) is 22.3 Å². The first-order valence-electron chi connectivity index (χ1n) is 10.6. The average molecular weight is 397 g/mol. The molecular weight excluding hydrogens is 367 g/mol. The number of nitrogens with one attached hydrogen (secondary N) is 1. The van der Waals surface area contributed by atoms with Gasteiger partial charge in [-0.15, -0.1) is 0 Å². The normalized spacial score (nSPS) is 23.9. The zero-order valence-corrected chi connectivity index (χ0v) is 16.7. The predicted octanol–water partition coefficient (Wildman–Crippen LogP) is 3.39. The predicted molar refractivity (Wildman–Crippen MR) is 111 cm³/mol. The van der Waals surface area contributed by atoms with E-state index in [9.17, 15) is 14.3 Å². The molecular formula is C24H29FN2O2. The second-order valence-electron chi connectivity index (χ2n) is 8.46. The molecule has 1 saturated heterocycles. The van der Waals surface area contributed by atoms with Gasteiger partial charge in [0.2, 0.25) is 5.91 Å². The largest absolute Gasteiger partial charge is 0.392 e. The quantitative estimate of drug-likeness (QED) is 0.787. The average Bonchev–Trinajstić information content (AvgIpc) is 3.35. The van der Waals surface area contributed by atoms with E-state index in [0.717, 1.165) is 37.8 Å². The Bertz CT molecular complexity index is 819. The SMILES string of the molecule is O=C(NC[C@@H]1C[C@@H](O)CN1Cc1ccccc1)C1(c2ccc(F)cc2)CCCC1. The molecule has 0 aromatic heterocycles. The lowest BCUT2D eigenvalue weighted by Crippen LogP contribution is -2.47. The van der Waals surface area contributed by atoms with Gasteiger partial charge < -0.3 is 10.4 Å². The molecule has 2 atom stereocenters. The Balaban J connectivity index is 1.43. The van der Waals surface area contributed by atoms with E-state index < -0.39 is 5.41 Å². The zero-order valence-electron chi connectivity index (χ0n) is 16.7. The van der Waals surface area contributed by atoms with Crippen LogP contribution < -0.4 is 5.32 Å². The standard InChI is InChI=1S/C24H29FN2O2/c25-20-10-8-19(9-11-20)24(12-4-5-13-24)23(29)26-15-21-14-22(28)17-27(21)16-18-6-2-1-3-7-18/h1-3,6-11,21-22,28H,4-5,12-17H2,(H,26,29)/t21-,22+/m0/s1. The smallest absolute Gasteiger partial charge is 0.230 e. The van der Waals surface area contributed by atoms with Crippen molar-refractivity contribution in [2.24, 2.45) is 0 Å². The third kappa shape index (κ3) is 4.36. The minimum Gasteiger partial charge on any atom is -0.392 e. The number of carbonyl (C=O) groups excluding carboxylic acids is 1. The summed E-state index contributed by atoms with van der Waals surface area (Å²) in [6.07, 6.45) is 3.91. The summed E-state index contributed by atoms with van der Waals surface area (Å²) in [5, 5.41) is 13.4. The van der Waals surface area contributed by atoms with Crippen molar-refractivity contribution in [2.45, 2.75) is 56.2 Å². The maximum atomic E-state index is 13.4. The lowest BCUT2D eigenvalue weighted by atomic mass is 9.78. The number of likely N-dealkylation sites (tertiary alicyclic amines) is 1. The lowest BCUT2D eigenvalue weighted by Gasteiger charge is -2.30. The molecule has 0 spiro atoms. The van der Waals surface area contributed by atoms with E-state index in [-0.39, 0.29) is 23.9 Å². The Morgan fingerprint density at radius 1 is 1.10 bits per heavy atom. The van der Waals surface area contributed by atoms with Crippen LogP contribution in [0.1, 0.15) is 43.2 Å². The highest BCUT2D eigenvalue weighted by Gasteiger charge is 2.43. The van der Waals surface area contributed by atoms with Gasteiger partial charge in [-0.1, -0.05) is 55.3 Å². The van der Waals surface area contributed by atoms with Crippen LogP contribution in [0.4, 0.5) is 4.39 Å². The molecule has 1 aliphatic carbocycles. The van der Waals surface area contributed by atoms with Crippen LogP contribution in [-0.2, 0) is 16.8 Å². The van der Waals surface area contributed by atoms with Crippen LogP contribution in [0.25, 0.3) is 0 Å². The van der Waals surface area contributed by atoms with Gasteiger partial charge in [-0.2, -0.15) is 0 Å². The van der Waals surface area contributed by atoms with Gasteiger partial charge >= 0.3 is 0 Å². The van der Waals surface area contributed by atoms with Gasteiger partial charge in [0.1, 0.15) is 5.82 Å². The van der Waals surface area contributed by atoms with E-state index in [1.54, 1.807) is 12.1 Å². The van der Waals surface area contributed by atoms with Crippen LogP contribution in [0, 0.1) is 5.82 Å². The highest BCUT2D eigenvalue weighted by Crippen LogP contribution is 2.41. The van der Waals surface area contributed by atoms with Crippen molar-refractivity contribution in [3.63, 3.8) is 0 Å². The van der Waals surface area contributed by atoms with Crippen LogP contribution in [0.2, 0.25) is 0 Å². The van der Waals surface area contributed by atoms with Crippen molar-refractivity contribution in [3.05, 3.63) is 71.5 Å². The van der Waals surface area contributed by atoms with Gasteiger partial charge in [-0.3, -0.25) is 9.69 Å². The van der Waals surface area contributed by atoms with Crippen molar-refractivity contribution < 1.29 is 14.3 Å². The summed E-state index contributed by atoms with van der Waals surface area (Å²) >= 11 is 0. The lowest BCUT2D eigenvalue weighted by molar-refractivity contribution is -0.126. The van der Waals surface area contributed by atoms with Crippen molar-refractivity contribution in [1.82, 2.24) is 10.2 Å². The summed E-state index contributed by atoms with van der Waals surface area (Å²) in [5.41, 5.74) is 1.55. The number of amides is 1. The summed E-state index contributed by atoms with van der Waals surface area (Å²) < 4.78 is 13.4. The van der Waals surface area contributed by atoms with Crippen LogP contribution in [0.3, 0.4) is 0 Å². The molecule has 5 heteroatoms. The van der Waals surface area contributed by atoms with Crippen LogP contribution in [0.5, 0.6) is 0 Å². The molecule has 2 aromatic carbocycles. The summed E-state index contributed by atoms with van der Waals surface area (Å²) in [6.45, 7) is 1.91. The number of carbonyl (C=O) groups is 1. The molecule has 29 heavy (non-hydrogen) atoms. The van der Waals surface area contributed by atoms with Gasteiger partial charge in [0.15, 0.2) is 0 Å². The third-order valence-electron chi connectivity index (χ3n) is 6.52. The molecule has 1 saturated carbocycles. The maximum absolute atomic E-state index is 13.4. The number of aliphatic hydroxyl groups excluding tert-OH is 1. The molecule has 4 nitrogen and oxygen atoms in total. The summed E-state index contributed by atoms with van der Waals surface area (Å²) in [6, 6.07) is 16.7. The molecule has 0 bridgehead atoms. The highest BCUT2D eigenvalue weighted by molar-refractivity contribution is 5.88. The van der Waals surface area contributed by atoms with Gasteiger partial charge in [-0.05, 0) is 42.5 Å². The van der Waals surface area contributed by atoms with E-state index in [0.29, 0.717) is 19.5 Å². The monoisotopic (exact) mass is 396 g/mol. The summed E-state index contributed by atoms with van der Waals surface area (Å²) in [5.74, 6) is -0.249. The van der Waals surface area contributed by atoms with Crippen molar-refractivity contribution in [3.8, 4) is 0 Å². The van der Waals surface area contributed by atoms with Gasteiger partial charge in [0, 0.05) is 25.7 Å². The van der Waals surface area contributed by atoms with Crippen LogP contribution >= 0.6 is 0 Å². The molecule has 154 valence electrons. The number of hydrogen-bond donors (Lipinski definition) is 2. The van der Waals surface area contributed by atoms with E-state index in [4.69, 9.17) is 0 Å². The Hall–Kier alpha value is -2.24. The molecule has 2 fully saturated rings. The molecule has 0 unspecified atom stereocenters. The number of hydrogen-bond acceptors (Lipinski definition) is 3. The van der Waals surface area contributed by atoms with Crippen LogP contribution in [0.15, 0.2) is 54.6 Å². The topological polar surface area (TPSA) is 52.6 Å². The Morgan fingerprint density at radius 2 is 1.79 bits per heavy atom. The molecule has 2 aliphatic rings. The van der Waals surface area contributed by atoms with Crippen molar-refractivity contribution in [1.29, 1.82) is 0 Å².